The zero-order chi connectivity index (χ0) is 9.32. The van der Waals surface area contributed by atoms with E-state index in [-0.39, 0.29) is 12.0 Å². The lowest BCUT2D eigenvalue weighted by Gasteiger charge is -2.43. The normalized spacial score (nSPS) is 63.5. The van der Waals surface area contributed by atoms with Gasteiger partial charge in [-0.1, -0.05) is 0 Å². The second-order valence-corrected chi connectivity index (χ2v) is 6.15. The molecule has 0 amide bonds. The zero-order valence-electron chi connectivity index (χ0n) is 8.21. The summed E-state index contributed by atoms with van der Waals surface area (Å²) in [5, 5.41) is 19.6. The molecular weight excluding hydrogens is 164 g/mol. The first-order valence-corrected chi connectivity index (χ1v) is 5.33. The van der Waals surface area contributed by atoms with E-state index >= 15 is 0 Å². The maximum atomic E-state index is 10.1. The minimum absolute atomic E-state index is 0.0880. The van der Waals surface area contributed by atoms with Crippen LogP contribution in [0.3, 0.4) is 0 Å². The first kappa shape index (κ1) is 8.25. The van der Waals surface area contributed by atoms with Gasteiger partial charge in [-0.15, -0.1) is 0 Å². The van der Waals surface area contributed by atoms with E-state index in [0.29, 0.717) is 5.41 Å². The van der Waals surface area contributed by atoms with Gasteiger partial charge in [0.2, 0.25) is 0 Å². The predicted octanol–water partition coefficient (Wildman–Crippen LogP) is 1.31. The van der Waals surface area contributed by atoms with Crippen molar-refractivity contribution in [1.82, 2.24) is 0 Å². The fraction of sp³-hybridized carbons (Fsp3) is 1.00. The molecule has 3 aliphatic carbocycles. The molecule has 3 saturated carbocycles. The number of hydrogen-bond acceptors (Lipinski definition) is 2. The lowest BCUT2D eigenvalue weighted by atomic mass is 9.66. The molecule has 4 atom stereocenters. The van der Waals surface area contributed by atoms with Crippen LogP contribution in [0.1, 0.15) is 39.0 Å². The van der Waals surface area contributed by atoms with Crippen LogP contribution in [-0.2, 0) is 0 Å². The standard InChI is InChI=1S/C11H18O2/c1-9(13)4-10(7-12)2-8-3-11(8,5-9)6-10/h8,12-13H,2-7H2,1H3/t8?,9?,10?,11-/m1/s1. The average Bonchev–Trinajstić information content (AvgIpc) is 2.51. The number of aliphatic hydroxyl groups is 2. The van der Waals surface area contributed by atoms with Gasteiger partial charge in [0.1, 0.15) is 0 Å². The molecular formula is C11H18O2. The number of hydrogen-bond donors (Lipinski definition) is 2. The summed E-state index contributed by atoms with van der Waals surface area (Å²) in [6, 6.07) is 0. The molecule has 0 heterocycles. The summed E-state index contributed by atoms with van der Waals surface area (Å²) in [5.41, 5.74) is 0.0291. The van der Waals surface area contributed by atoms with Crippen LogP contribution in [0.15, 0.2) is 0 Å². The van der Waals surface area contributed by atoms with E-state index in [1.54, 1.807) is 0 Å². The fourth-order valence-electron chi connectivity index (χ4n) is 4.50. The third-order valence-corrected chi connectivity index (χ3v) is 4.59. The molecule has 0 aliphatic heterocycles. The topological polar surface area (TPSA) is 40.5 Å². The maximum Gasteiger partial charge on any atom is 0.0631 e. The molecule has 3 rings (SSSR count). The van der Waals surface area contributed by atoms with Gasteiger partial charge in [-0.2, -0.15) is 0 Å². The molecule has 2 bridgehead atoms. The highest BCUT2D eigenvalue weighted by Crippen LogP contribution is 2.76. The highest BCUT2D eigenvalue weighted by Gasteiger charge is 2.69. The summed E-state index contributed by atoms with van der Waals surface area (Å²) in [6.45, 7) is 2.22. The van der Waals surface area contributed by atoms with E-state index in [9.17, 15) is 10.2 Å². The smallest absolute Gasteiger partial charge is 0.0631 e. The van der Waals surface area contributed by atoms with Crippen molar-refractivity contribution in [3.8, 4) is 0 Å². The molecule has 0 aromatic carbocycles. The summed E-state index contributed by atoms with van der Waals surface area (Å²) < 4.78 is 0. The quantitative estimate of drug-likeness (QED) is 0.642. The molecule has 2 heteroatoms. The first-order valence-electron chi connectivity index (χ1n) is 5.33. The van der Waals surface area contributed by atoms with E-state index in [2.05, 4.69) is 0 Å². The molecule has 1 spiro atoms. The minimum atomic E-state index is -0.508. The first-order chi connectivity index (χ1) is 5.99. The molecule has 74 valence electrons. The fourth-order valence-corrected chi connectivity index (χ4v) is 4.50. The van der Waals surface area contributed by atoms with E-state index in [1.807, 2.05) is 6.92 Å². The molecule has 3 aliphatic rings. The highest BCUT2D eigenvalue weighted by atomic mass is 16.3. The van der Waals surface area contributed by atoms with Crippen LogP contribution in [-0.4, -0.2) is 22.4 Å². The summed E-state index contributed by atoms with van der Waals surface area (Å²) in [7, 11) is 0. The van der Waals surface area contributed by atoms with Crippen molar-refractivity contribution in [3.63, 3.8) is 0 Å². The highest BCUT2D eigenvalue weighted by molar-refractivity contribution is 5.19. The largest absolute Gasteiger partial charge is 0.396 e. The second kappa shape index (κ2) is 1.96. The van der Waals surface area contributed by atoms with Gasteiger partial charge in [-0.3, -0.25) is 0 Å². The number of fused-ring (bicyclic) bond motifs is 1. The Hall–Kier alpha value is -0.0800. The Bertz CT molecular complexity index is 261. The third kappa shape index (κ3) is 0.962. The molecule has 3 fully saturated rings. The van der Waals surface area contributed by atoms with Gasteiger partial charge >= 0.3 is 0 Å². The van der Waals surface area contributed by atoms with Gasteiger partial charge in [0.15, 0.2) is 0 Å². The van der Waals surface area contributed by atoms with E-state index in [1.165, 1.54) is 19.3 Å². The van der Waals surface area contributed by atoms with Gasteiger partial charge in [0.05, 0.1) is 5.60 Å². The van der Waals surface area contributed by atoms with E-state index in [4.69, 9.17) is 0 Å². The van der Waals surface area contributed by atoms with Crippen LogP contribution < -0.4 is 0 Å². The van der Waals surface area contributed by atoms with Crippen molar-refractivity contribution in [2.75, 3.05) is 6.61 Å². The minimum Gasteiger partial charge on any atom is -0.396 e. The van der Waals surface area contributed by atoms with E-state index in [0.717, 1.165) is 18.8 Å². The Morgan fingerprint density at radius 3 is 2.69 bits per heavy atom. The molecule has 0 saturated heterocycles. The van der Waals surface area contributed by atoms with Crippen LogP contribution in [0.25, 0.3) is 0 Å². The lowest BCUT2D eigenvalue weighted by molar-refractivity contribution is -0.0668. The predicted molar refractivity (Wildman–Crippen MR) is 49.2 cm³/mol. The van der Waals surface area contributed by atoms with Crippen LogP contribution in [0, 0.1) is 16.7 Å². The second-order valence-electron chi connectivity index (χ2n) is 6.15. The average molecular weight is 182 g/mol. The Morgan fingerprint density at radius 1 is 1.23 bits per heavy atom. The number of aliphatic hydroxyl groups excluding tert-OH is 1. The van der Waals surface area contributed by atoms with Crippen molar-refractivity contribution in [3.05, 3.63) is 0 Å². The molecule has 2 N–H and O–H groups in total. The van der Waals surface area contributed by atoms with Crippen molar-refractivity contribution in [1.29, 1.82) is 0 Å². The summed E-state index contributed by atoms with van der Waals surface area (Å²) in [5.74, 6) is 0.827. The Labute approximate surface area is 79.0 Å². The van der Waals surface area contributed by atoms with Crippen molar-refractivity contribution >= 4 is 0 Å². The van der Waals surface area contributed by atoms with Gasteiger partial charge in [0.25, 0.3) is 0 Å². The lowest BCUT2D eigenvalue weighted by Crippen LogP contribution is -2.42. The van der Waals surface area contributed by atoms with E-state index < -0.39 is 5.60 Å². The summed E-state index contributed by atoms with van der Waals surface area (Å²) >= 11 is 0. The Morgan fingerprint density at radius 2 is 2.00 bits per heavy atom. The third-order valence-electron chi connectivity index (χ3n) is 4.59. The molecule has 13 heavy (non-hydrogen) atoms. The number of rotatable bonds is 1. The van der Waals surface area contributed by atoms with Gasteiger partial charge < -0.3 is 10.2 Å². The monoisotopic (exact) mass is 182 g/mol. The van der Waals surface area contributed by atoms with Crippen LogP contribution in [0.4, 0.5) is 0 Å². The van der Waals surface area contributed by atoms with Crippen LogP contribution in [0.2, 0.25) is 0 Å². The van der Waals surface area contributed by atoms with Gasteiger partial charge in [-0.05, 0) is 55.8 Å². The van der Waals surface area contributed by atoms with Gasteiger partial charge in [-0.25, -0.2) is 0 Å². The van der Waals surface area contributed by atoms with Crippen molar-refractivity contribution in [2.24, 2.45) is 16.7 Å². The van der Waals surface area contributed by atoms with Gasteiger partial charge in [0, 0.05) is 6.61 Å². The van der Waals surface area contributed by atoms with Crippen molar-refractivity contribution < 1.29 is 10.2 Å². The van der Waals surface area contributed by atoms with Crippen LogP contribution in [0.5, 0.6) is 0 Å². The van der Waals surface area contributed by atoms with Crippen LogP contribution >= 0.6 is 0 Å². The molecule has 0 aromatic rings. The maximum absolute atomic E-state index is 10.1. The zero-order valence-corrected chi connectivity index (χ0v) is 8.21. The molecule has 2 nitrogen and oxygen atoms in total. The SMILES string of the molecule is CC1(O)CC2(CO)CC3C[C@@]3(C1)C2. The molecule has 3 unspecified atom stereocenters. The Kier molecular flexibility index (Phi) is 1.24. The van der Waals surface area contributed by atoms with Crippen molar-refractivity contribution in [2.45, 2.75) is 44.6 Å². The Balaban J connectivity index is 1.95. The molecule has 0 radical (unpaired) electrons. The molecule has 0 aromatic heterocycles. The summed E-state index contributed by atoms with van der Waals surface area (Å²) in [4.78, 5) is 0. The summed E-state index contributed by atoms with van der Waals surface area (Å²) in [6.07, 6.45) is 5.45.